The molecule has 0 unspecified atom stereocenters. The van der Waals surface area contributed by atoms with Crippen molar-refractivity contribution in [3.8, 4) is 28.4 Å². The van der Waals surface area contributed by atoms with Crippen molar-refractivity contribution in [2.45, 2.75) is 58.7 Å². The molecule has 4 rings (SSSR count). The number of nitrogens with one attached hydrogen (secondary N) is 1. The molecule has 8 nitrogen and oxygen atoms in total. The van der Waals surface area contributed by atoms with Crippen molar-refractivity contribution in [3.63, 3.8) is 0 Å². The smallest absolute Gasteiger partial charge is 0.161 e. The lowest BCUT2D eigenvalue weighted by Gasteiger charge is -2.44. The van der Waals surface area contributed by atoms with Crippen LogP contribution < -0.4 is 10.1 Å². The third kappa shape index (κ3) is 5.57. The van der Waals surface area contributed by atoms with Gasteiger partial charge in [0.1, 0.15) is 24.2 Å². The molecule has 1 saturated carbocycles. The van der Waals surface area contributed by atoms with Crippen LogP contribution in [0.25, 0.3) is 22.6 Å². The lowest BCUT2D eigenvalue weighted by atomic mass is 9.69. The predicted molar refractivity (Wildman–Crippen MR) is 139 cm³/mol. The van der Waals surface area contributed by atoms with Crippen LogP contribution in [-0.4, -0.2) is 59.2 Å². The number of aliphatic hydroxyl groups is 1. The van der Waals surface area contributed by atoms with Gasteiger partial charge in [0.25, 0.3) is 0 Å². The van der Waals surface area contributed by atoms with Crippen LogP contribution >= 0.6 is 11.6 Å². The summed E-state index contributed by atoms with van der Waals surface area (Å²) < 4.78 is 16.9. The number of likely N-dealkylation sites (N-methyl/N-ethyl adjacent to an activating group) is 1. The highest BCUT2D eigenvalue weighted by Gasteiger charge is 2.40. The van der Waals surface area contributed by atoms with Gasteiger partial charge in [0.15, 0.2) is 5.82 Å². The van der Waals surface area contributed by atoms with E-state index < -0.39 is 6.10 Å². The number of aryl methyl sites for hydroxylation is 2. The van der Waals surface area contributed by atoms with Gasteiger partial charge in [-0.3, -0.25) is 0 Å². The number of hydrogen-bond donors (Lipinski definition) is 2. The molecule has 1 aliphatic carbocycles. The maximum absolute atomic E-state index is 10.0. The molecule has 9 heteroatoms. The van der Waals surface area contributed by atoms with Crippen LogP contribution in [0, 0.1) is 26.7 Å². The number of ether oxygens (including phenoxy) is 2. The largest absolute Gasteiger partial charge is 0.491 e. The zero-order valence-electron chi connectivity index (χ0n) is 21.8. The van der Waals surface area contributed by atoms with Gasteiger partial charge in [0, 0.05) is 24.9 Å². The number of methoxy groups -OCH3 is 1. The van der Waals surface area contributed by atoms with Crippen molar-refractivity contribution >= 4 is 11.6 Å². The molecule has 2 heterocycles. The second-order valence-electron chi connectivity index (χ2n) is 9.96. The van der Waals surface area contributed by atoms with E-state index >= 15 is 0 Å². The maximum atomic E-state index is 10.0. The molecule has 0 radical (unpaired) electrons. The van der Waals surface area contributed by atoms with Crippen molar-refractivity contribution < 1.29 is 19.1 Å². The molecule has 2 N–H and O–H groups in total. The third-order valence-electron chi connectivity index (χ3n) is 6.99. The molecule has 2 aromatic heterocycles. The first kappa shape index (κ1) is 26.5. The summed E-state index contributed by atoms with van der Waals surface area (Å²) in [6, 6.07) is 5.37. The molecule has 0 spiro atoms. The van der Waals surface area contributed by atoms with E-state index in [9.17, 15) is 5.11 Å². The van der Waals surface area contributed by atoms with Crippen molar-refractivity contribution in [2.24, 2.45) is 5.92 Å². The summed E-state index contributed by atoms with van der Waals surface area (Å²) in [4.78, 5) is 9.95. The van der Waals surface area contributed by atoms with Crippen LogP contribution in [0.1, 0.15) is 42.5 Å². The van der Waals surface area contributed by atoms with Gasteiger partial charge in [-0.05, 0) is 83.7 Å². The Kier molecular flexibility index (Phi) is 7.99. The Morgan fingerprint density at radius 1 is 1.25 bits per heavy atom. The Labute approximate surface area is 217 Å². The summed E-state index contributed by atoms with van der Waals surface area (Å²) in [6.07, 6.45) is 2.17. The molecule has 0 aliphatic heterocycles. The molecule has 3 aromatic rings. The van der Waals surface area contributed by atoms with Gasteiger partial charge >= 0.3 is 0 Å². The minimum Gasteiger partial charge on any atom is -0.491 e. The Morgan fingerprint density at radius 3 is 2.64 bits per heavy atom. The lowest BCUT2D eigenvalue weighted by Crippen LogP contribution is -2.43. The second kappa shape index (κ2) is 10.8. The van der Waals surface area contributed by atoms with E-state index in [0.29, 0.717) is 40.4 Å². The number of benzene rings is 1. The van der Waals surface area contributed by atoms with Crippen molar-refractivity contribution in [1.82, 2.24) is 20.4 Å². The first-order valence-corrected chi connectivity index (χ1v) is 12.6. The van der Waals surface area contributed by atoms with E-state index in [1.807, 2.05) is 19.9 Å². The summed E-state index contributed by atoms with van der Waals surface area (Å²) in [7, 11) is 3.56. The molecule has 1 fully saturated rings. The van der Waals surface area contributed by atoms with E-state index in [4.69, 9.17) is 35.6 Å². The van der Waals surface area contributed by atoms with Crippen LogP contribution in [0.3, 0.4) is 0 Å². The van der Waals surface area contributed by atoms with Gasteiger partial charge in [-0.1, -0.05) is 16.8 Å². The first-order valence-electron chi connectivity index (χ1n) is 12.3. The normalized spacial score (nSPS) is 20.3. The molecule has 1 aliphatic rings. The molecule has 36 heavy (non-hydrogen) atoms. The zero-order chi connectivity index (χ0) is 26.0. The standard InChI is InChI=1S/C27H35ClN4O4/c1-15-23(9-18-11-27(4,12-18)34-6)30-26(31-25(15)24-16(2)32-36-17(24)3)21-10-20(7-8-22(21)28)35-14-19(33)13-29-5/h7-8,10,18-19,29,33H,9,11-14H2,1-6H3/t18?,19-,27?/m1/s1. The Morgan fingerprint density at radius 2 is 2.00 bits per heavy atom. The zero-order valence-corrected chi connectivity index (χ0v) is 22.6. The van der Waals surface area contributed by atoms with Gasteiger partial charge < -0.3 is 24.4 Å². The molecule has 0 saturated heterocycles. The highest BCUT2D eigenvalue weighted by Crippen LogP contribution is 2.43. The fourth-order valence-electron chi connectivity index (χ4n) is 4.95. The number of hydrogen-bond acceptors (Lipinski definition) is 8. The molecule has 0 bridgehead atoms. The average Bonchev–Trinajstić information content (AvgIpc) is 3.16. The number of halogens is 1. The monoisotopic (exact) mass is 514 g/mol. The second-order valence-corrected chi connectivity index (χ2v) is 10.4. The fraction of sp³-hybridized carbons (Fsp3) is 0.519. The molecule has 194 valence electrons. The SMILES string of the molecule is CNC[C@@H](O)COc1ccc(Cl)c(-c2nc(CC3CC(C)(OC)C3)c(C)c(-c3c(C)noc3C)n2)c1. The van der Waals surface area contributed by atoms with Crippen LogP contribution in [0.2, 0.25) is 5.02 Å². The van der Waals surface area contributed by atoms with E-state index in [0.717, 1.165) is 47.5 Å². The quantitative estimate of drug-likeness (QED) is 0.401. The van der Waals surface area contributed by atoms with Gasteiger partial charge in [-0.25, -0.2) is 9.97 Å². The summed E-state index contributed by atoms with van der Waals surface area (Å²) in [5.41, 5.74) is 5.05. The van der Waals surface area contributed by atoms with E-state index in [1.54, 1.807) is 26.3 Å². The van der Waals surface area contributed by atoms with Gasteiger partial charge in [-0.2, -0.15) is 0 Å². The molecular formula is C27H35ClN4O4. The van der Waals surface area contributed by atoms with Gasteiger partial charge in [0.2, 0.25) is 0 Å². The minimum atomic E-state index is -0.622. The predicted octanol–water partition coefficient (Wildman–Crippen LogP) is 4.69. The lowest BCUT2D eigenvalue weighted by molar-refractivity contribution is -0.0900. The van der Waals surface area contributed by atoms with Crippen LogP contribution in [0.15, 0.2) is 22.7 Å². The molecule has 1 aromatic carbocycles. The van der Waals surface area contributed by atoms with E-state index in [-0.39, 0.29) is 12.2 Å². The third-order valence-corrected chi connectivity index (χ3v) is 7.32. The van der Waals surface area contributed by atoms with Gasteiger partial charge in [-0.15, -0.1) is 0 Å². The average molecular weight is 515 g/mol. The molecule has 0 amide bonds. The van der Waals surface area contributed by atoms with E-state index in [2.05, 4.69) is 24.3 Å². The van der Waals surface area contributed by atoms with Crippen molar-refractivity contribution in [1.29, 1.82) is 0 Å². The number of aromatic nitrogens is 3. The van der Waals surface area contributed by atoms with Crippen molar-refractivity contribution in [3.05, 3.63) is 45.9 Å². The highest BCUT2D eigenvalue weighted by atomic mass is 35.5. The Hall–Kier alpha value is -2.52. The fourth-order valence-corrected chi connectivity index (χ4v) is 5.15. The number of nitrogens with zero attached hydrogens (tertiary/aromatic N) is 3. The summed E-state index contributed by atoms with van der Waals surface area (Å²) >= 11 is 6.63. The number of rotatable bonds is 10. The molecule has 1 atom stereocenters. The first-order chi connectivity index (χ1) is 17.1. The van der Waals surface area contributed by atoms with Gasteiger partial charge in [0.05, 0.1) is 27.6 Å². The summed E-state index contributed by atoms with van der Waals surface area (Å²) in [5, 5.41) is 17.6. The Bertz CT molecular complexity index is 1200. The summed E-state index contributed by atoms with van der Waals surface area (Å²) in [5.74, 6) is 2.30. The van der Waals surface area contributed by atoms with Crippen LogP contribution in [-0.2, 0) is 11.2 Å². The maximum Gasteiger partial charge on any atom is 0.161 e. The van der Waals surface area contributed by atoms with Crippen LogP contribution in [0.5, 0.6) is 5.75 Å². The van der Waals surface area contributed by atoms with E-state index in [1.165, 1.54) is 0 Å². The van der Waals surface area contributed by atoms with Crippen molar-refractivity contribution in [2.75, 3.05) is 27.3 Å². The molecular weight excluding hydrogens is 480 g/mol. The number of aliphatic hydroxyl groups excluding tert-OH is 1. The van der Waals surface area contributed by atoms with Crippen LogP contribution in [0.4, 0.5) is 0 Å². The topological polar surface area (TPSA) is 103 Å². The summed E-state index contributed by atoms with van der Waals surface area (Å²) in [6.45, 7) is 8.61. The minimum absolute atomic E-state index is 0.0637. The Balaban J connectivity index is 1.73. The highest BCUT2D eigenvalue weighted by molar-refractivity contribution is 6.33.